The SMILES string of the molecule is COc1ccc(C(=O)N2CC[C@H]3COC(=O)N3c3cc(C)ccc3C2)cc1. The van der Waals surface area contributed by atoms with Crippen molar-refractivity contribution in [2.75, 3.05) is 25.2 Å². The van der Waals surface area contributed by atoms with Gasteiger partial charge < -0.3 is 14.4 Å². The Morgan fingerprint density at radius 1 is 1.19 bits per heavy atom. The Morgan fingerprint density at radius 3 is 2.70 bits per heavy atom. The number of anilines is 1. The van der Waals surface area contributed by atoms with Gasteiger partial charge in [0.1, 0.15) is 12.4 Å². The molecule has 2 amide bonds. The maximum Gasteiger partial charge on any atom is 0.414 e. The zero-order valence-electron chi connectivity index (χ0n) is 15.5. The molecule has 0 unspecified atom stereocenters. The van der Waals surface area contributed by atoms with Crippen LogP contribution in [0, 0.1) is 6.92 Å². The molecule has 6 nitrogen and oxygen atoms in total. The predicted molar refractivity (Wildman–Crippen MR) is 101 cm³/mol. The molecular weight excluding hydrogens is 344 g/mol. The van der Waals surface area contributed by atoms with Gasteiger partial charge in [0.25, 0.3) is 5.91 Å². The van der Waals surface area contributed by atoms with Gasteiger partial charge in [-0.25, -0.2) is 4.79 Å². The van der Waals surface area contributed by atoms with E-state index in [1.54, 1.807) is 36.3 Å². The minimum Gasteiger partial charge on any atom is -0.497 e. The Labute approximate surface area is 158 Å². The number of rotatable bonds is 2. The second kappa shape index (κ2) is 6.95. The first-order chi connectivity index (χ1) is 13.1. The van der Waals surface area contributed by atoms with Crippen molar-refractivity contribution in [3.05, 3.63) is 59.2 Å². The van der Waals surface area contributed by atoms with Gasteiger partial charge in [-0.2, -0.15) is 0 Å². The van der Waals surface area contributed by atoms with Crippen LogP contribution in [0.5, 0.6) is 5.75 Å². The Kier molecular flexibility index (Phi) is 4.48. The molecule has 0 saturated carbocycles. The second-order valence-electron chi connectivity index (χ2n) is 6.98. The highest BCUT2D eigenvalue weighted by Crippen LogP contribution is 2.32. The lowest BCUT2D eigenvalue weighted by molar-refractivity contribution is 0.0734. The summed E-state index contributed by atoms with van der Waals surface area (Å²) in [7, 11) is 1.60. The highest BCUT2D eigenvalue weighted by Gasteiger charge is 2.37. The molecular formula is C21H22N2O4. The van der Waals surface area contributed by atoms with E-state index < -0.39 is 0 Å². The van der Waals surface area contributed by atoms with Crippen molar-refractivity contribution in [2.24, 2.45) is 0 Å². The third-order valence-electron chi connectivity index (χ3n) is 5.18. The van der Waals surface area contributed by atoms with E-state index >= 15 is 0 Å². The predicted octanol–water partition coefficient (Wildman–Crippen LogP) is 3.37. The Hall–Kier alpha value is -3.02. The van der Waals surface area contributed by atoms with E-state index in [4.69, 9.17) is 9.47 Å². The normalized spacial score (nSPS) is 18.9. The van der Waals surface area contributed by atoms with E-state index in [9.17, 15) is 9.59 Å². The number of hydrogen-bond donors (Lipinski definition) is 0. The van der Waals surface area contributed by atoms with Crippen LogP contribution in [-0.4, -0.2) is 43.2 Å². The lowest BCUT2D eigenvalue weighted by Crippen LogP contribution is -2.42. The van der Waals surface area contributed by atoms with Crippen LogP contribution in [-0.2, 0) is 11.3 Å². The second-order valence-corrected chi connectivity index (χ2v) is 6.98. The van der Waals surface area contributed by atoms with E-state index in [-0.39, 0.29) is 18.0 Å². The molecule has 2 aromatic rings. The number of benzene rings is 2. The summed E-state index contributed by atoms with van der Waals surface area (Å²) >= 11 is 0. The van der Waals surface area contributed by atoms with Crippen molar-refractivity contribution in [1.82, 2.24) is 4.90 Å². The lowest BCUT2D eigenvalue weighted by atomic mass is 10.0. The van der Waals surface area contributed by atoms with Crippen molar-refractivity contribution in [2.45, 2.75) is 25.9 Å². The highest BCUT2D eigenvalue weighted by molar-refractivity contribution is 5.95. The topological polar surface area (TPSA) is 59.1 Å². The summed E-state index contributed by atoms with van der Waals surface area (Å²) in [4.78, 5) is 28.9. The molecule has 2 aliphatic heterocycles. The summed E-state index contributed by atoms with van der Waals surface area (Å²) in [6.07, 6.45) is 0.378. The van der Waals surface area contributed by atoms with Gasteiger partial charge in [-0.15, -0.1) is 0 Å². The first-order valence-electron chi connectivity index (χ1n) is 9.05. The summed E-state index contributed by atoms with van der Waals surface area (Å²) in [5.74, 6) is 0.695. The van der Waals surface area contributed by atoms with Crippen LogP contribution in [0.3, 0.4) is 0 Å². The number of cyclic esters (lactones) is 1. The van der Waals surface area contributed by atoms with Crippen LogP contribution in [0.15, 0.2) is 42.5 Å². The number of methoxy groups -OCH3 is 1. The first kappa shape index (κ1) is 17.4. The molecule has 0 spiro atoms. The molecule has 27 heavy (non-hydrogen) atoms. The van der Waals surface area contributed by atoms with Crippen LogP contribution in [0.4, 0.5) is 10.5 Å². The van der Waals surface area contributed by atoms with Gasteiger partial charge in [-0.3, -0.25) is 9.69 Å². The van der Waals surface area contributed by atoms with Crippen LogP contribution >= 0.6 is 0 Å². The Bertz CT molecular complexity index is 878. The fourth-order valence-electron chi connectivity index (χ4n) is 3.68. The number of amides is 2. The Morgan fingerprint density at radius 2 is 1.96 bits per heavy atom. The van der Waals surface area contributed by atoms with Gasteiger partial charge in [-0.05, 0) is 54.8 Å². The summed E-state index contributed by atoms with van der Waals surface area (Å²) in [5.41, 5.74) is 3.49. The molecule has 1 fully saturated rings. The molecule has 2 aromatic carbocycles. The van der Waals surface area contributed by atoms with Crippen LogP contribution in [0.1, 0.15) is 27.9 Å². The third-order valence-corrected chi connectivity index (χ3v) is 5.18. The maximum absolute atomic E-state index is 13.1. The number of nitrogens with zero attached hydrogens (tertiary/aromatic N) is 2. The van der Waals surface area contributed by atoms with Crippen molar-refractivity contribution in [3.8, 4) is 5.75 Å². The Balaban J connectivity index is 1.67. The van der Waals surface area contributed by atoms with Gasteiger partial charge in [-0.1, -0.05) is 12.1 Å². The van der Waals surface area contributed by atoms with Gasteiger partial charge in [0, 0.05) is 18.7 Å². The van der Waals surface area contributed by atoms with Crippen molar-refractivity contribution >= 4 is 17.7 Å². The average Bonchev–Trinajstić information content (AvgIpc) is 3.03. The summed E-state index contributed by atoms with van der Waals surface area (Å²) in [5, 5.41) is 0. The summed E-state index contributed by atoms with van der Waals surface area (Å²) in [6.45, 7) is 3.37. The fourth-order valence-corrected chi connectivity index (χ4v) is 3.68. The average molecular weight is 366 g/mol. The maximum atomic E-state index is 13.1. The molecule has 4 rings (SSSR count). The van der Waals surface area contributed by atoms with E-state index in [0.717, 1.165) is 22.6 Å². The van der Waals surface area contributed by atoms with Gasteiger partial charge in [0.15, 0.2) is 0 Å². The number of fused-ring (bicyclic) bond motifs is 3. The molecule has 0 aliphatic carbocycles. The molecule has 0 radical (unpaired) electrons. The number of carbonyl (C=O) groups excluding carboxylic acids is 2. The molecule has 2 heterocycles. The lowest BCUT2D eigenvalue weighted by Gasteiger charge is -2.32. The first-order valence-corrected chi connectivity index (χ1v) is 9.05. The van der Waals surface area contributed by atoms with Gasteiger partial charge in [0.05, 0.1) is 18.8 Å². The molecule has 140 valence electrons. The quantitative estimate of drug-likeness (QED) is 0.818. The highest BCUT2D eigenvalue weighted by atomic mass is 16.6. The van der Waals surface area contributed by atoms with Crippen LogP contribution < -0.4 is 9.64 Å². The van der Waals surface area contributed by atoms with Crippen molar-refractivity contribution < 1.29 is 19.1 Å². The molecule has 0 bridgehead atoms. The number of aryl methyl sites for hydroxylation is 1. The smallest absolute Gasteiger partial charge is 0.414 e. The number of ether oxygens (including phenoxy) is 2. The zero-order chi connectivity index (χ0) is 19.0. The van der Waals surface area contributed by atoms with E-state index in [2.05, 4.69) is 0 Å². The zero-order valence-corrected chi connectivity index (χ0v) is 15.5. The van der Waals surface area contributed by atoms with Crippen LogP contribution in [0.25, 0.3) is 0 Å². The number of carbonyl (C=O) groups is 2. The minimum absolute atomic E-state index is 0.0251. The van der Waals surface area contributed by atoms with Gasteiger partial charge >= 0.3 is 6.09 Å². The molecule has 0 aromatic heterocycles. The molecule has 6 heteroatoms. The van der Waals surface area contributed by atoms with Gasteiger partial charge in [0.2, 0.25) is 0 Å². The minimum atomic E-state index is -0.304. The number of hydrogen-bond acceptors (Lipinski definition) is 4. The summed E-state index contributed by atoms with van der Waals surface area (Å²) in [6, 6.07) is 13.1. The molecule has 1 saturated heterocycles. The fraction of sp³-hybridized carbons (Fsp3) is 0.333. The van der Waals surface area contributed by atoms with Crippen molar-refractivity contribution in [1.29, 1.82) is 0 Å². The summed E-state index contributed by atoms with van der Waals surface area (Å²) < 4.78 is 10.5. The van der Waals surface area contributed by atoms with E-state index in [1.165, 1.54) is 0 Å². The van der Waals surface area contributed by atoms with Crippen molar-refractivity contribution in [3.63, 3.8) is 0 Å². The third kappa shape index (κ3) is 3.23. The largest absolute Gasteiger partial charge is 0.497 e. The van der Waals surface area contributed by atoms with E-state index in [1.807, 2.05) is 30.0 Å². The van der Waals surface area contributed by atoms with E-state index in [0.29, 0.717) is 31.7 Å². The standard InChI is InChI=1S/C21H22N2O4/c1-14-3-4-16-12-22(20(24)15-5-7-18(26-2)8-6-15)10-9-17-13-27-21(25)23(17)19(16)11-14/h3-8,11,17H,9-10,12-13H2,1-2H3/t17-/m0/s1. The molecule has 1 atom stereocenters. The van der Waals surface area contributed by atoms with Crippen LogP contribution in [0.2, 0.25) is 0 Å². The monoisotopic (exact) mass is 366 g/mol. The molecule has 0 N–H and O–H groups in total. The molecule has 2 aliphatic rings.